The van der Waals surface area contributed by atoms with E-state index in [4.69, 9.17) is 28.4 Å². The van der Waals surface area contributed by atoms with Crippen LogP contribution in [0.25, 0.3) is 0 Å². The van der Waals surface area contributed by atoms with Crippen LogP contribution in [-0.4, -0.2) is 144 Å². The van der Waals surface area contributed by atoms with Gasteiger partial charge < -0.3 is 48.1 Å². The highest BCUT2D eigenvalue weighted by molar-refractivity contribution is 5.81. The fourth-order valence-electron chi connectivity index (χ4n) is 14.4. The van der Waals surface area contributed by atoms with E-state index < -0.39 is 95.7 Å². The number of alkyl halides is 7. The summed E-state index contributed by atoms with van der Waals surface area (Å²) < 4.78 is 130. The lowest BCUT2D eigenvalue weighted by atomic mass is 9.79. The summed E-state index contributed by atoms with van der Waals surface area (Å²) in [4.78, 5) is 91.0. The van der Waals surface area contributed by atoms with Gasteiger partial charge in [-0.15, -0.1) is 0 Å². The second-order valence-electron chi connectivity index (χ2n) is 22.5. The van der Waals surface area contributed by atoms with Crippen molar-refractivity contribution in [2.75, 3.05) is 19.8 Å². The number of halogens is 7. The van der Waals surface area contributed by atoms with E-state index in [1.807, 2.05) is 0 Å². The molecule has 4 aliphatic heterocycles. The first-order chi connectivity index (χ1) is 33.9. The third kappa shape index (κ3) is 9.30. The van der Waals surface area contributed by atoms with Gasteiger partial charge in [-0.1, -0.05) is 0 Å². The molecule has 4 heterocycles. The SMILES string of the molecule is CC(C)(F)C(=O)OC1C2CC3C(=O)OC1C3C2.CC(F)(F)C(=O)OC1C2CC3C1OC(=O)C3C2CO.CC(F)(F)C(=O)OCC1C2CC3C(=O)OC1C3C2.CC(F)(F)C(=O)OCC1C2CC3C1OC(=O)C3C2O. The Balaban J connectivity index is 0.000000120. The molecule has 2 N–H and O–H groups in total. The van der Waals surface area contributed by atoms with Crippen LogP contribution in [0.4, 0.5) is 30.7 Å². The second kappa shape index (κ2) is 18.5. The van der Waals surface area contributed by atoms with Gasteiger partial charge in [0.2, 0.25) is 5.67 Å². The van der Waals surface area contributed by atoms with Crippen LogP contribution >= 0.6 is 0 Å². The lowest BCUT2D eigenvalue weighted by molar-refractivity contribution is -0.185. The number of aliphatic hydroxyl groups excluding tert-OH is 2. The van der Waals surface area contributed by atoms with Crippen molar-refractivity contribution in [2.45, 2.75) is 139 Å². The molecule has 73 heavy (non-hydrogen) atoms. The minimum Gasteiger partial charge on any atom is -0.461 e. The van der Waals surface area contributed by atoms with E-state index in [-0.39, 0.29) is 127 Å². The molecule has 12 rings (SSSR count). The summed E-state index contributed by atoms with van der Waals surface area (Å²) in [6.07, 6.45) is 0.646. The van der Waals surface area contributed by atoms with Crippen LogP contribution in [0.15, 0.2) is 0 Å². The van der Waals surface area contributed by atoms with E-state index >= 15 is 0 Å². The van der Waals surface area contributed by atoms with Gasteiger partial charge in [0.15, 0.2) is 0 Å². The molecule has 12 aliphatic rings. The van der Waals surface area contributed by atoms with Crippen molar-refractivity contribution in [1.82, 2.24) is 0 Å². The Labute approximate surface area is 412 Å². The Kier molecular flexibility index (Phi) is 13.4. The molecule has 18 nitrogen and oxygen atoms in total. The molecule has 0 aromatic heterocycles. The monoisotopic (exact) mass is 1050 g/mol. The van der Waals surface area contributed by atoms with E-state index in [0.717, 1.165) is 19.3 Å². The molecule has 8 aliphatic carbocycles. The number of esters is 8. The standard InChI is InChI=1S/2C12H14F2O5.C12H14F2O4.C12H15FO4/c1-12(13,14)11(17)18-3-6-4-2-5-7(8(4)15)10(16)19-9(5)6;1-12(13,14)11(17)19-8-4-2-5-7(6(4)3-15)10(16)18-9(5)8;1-12(13,14)11(16)17-4-8-5-2-6-7(3-5)10(15)18-9(6)8;1-12(2,13)11(15)17-8-5-3-6-7(4-5)10(14)16-9(6)8/h2*4-9,15H,2-3H2,1H3;5-9H,2-4H2,1H3;5-9H,3-4H2,1-2H3. The highest BCUT2D eigenvalue weighted by atomic mass is 19.3. The minimum absolute atomic E-state index is 0.0143. The number of rotatable bonds is 11. The molecule has 0 spiro atoms. The topological polar surface area (TPSA) is 251 Å². The zero-order valence-corrected chi connectivity index (χ0v) is 40.1. The summed E-state index contributed by atoms with van der Waals surface area (Å²) >= 11 is 0. The maximum Gasteiger partial charge on any atom is 0.377 e. The molecule has 0 radical (unpaired) electrons. The lowest BCUT2D eigenvalue weighted by Crippen LogP contribution is -2.44. The largest absolute Gasteiger partial charge is 0.461 e. The first-order valence-electron chi connectivity index (χ1n) is 24.6. The summed E-state index contributed by atoms with van der Waals surface area (Å²) in [6, 6.07) is 0. The minimum atomic E-state index is -3.57. The number of fused-ring (bicyclic) bond motifs is 4. The molecule has 4 saturated heterocycles. The first kappa shape index (κ1) is 53.0. The Morgan fingerprint density at radius 2 is 0.932 bits per heavy atom. The van der Waals surface area contributed by atoms with Crippen LogP contribution < -0.4 is 0 Å². The summed E-state index contributed by atoms with van der Waals surface area (Å²) in [5.41, 5.74) is -2.00. The molecule has 0 aromatic rings. The van der Waals surface area contributed by atoms with Crippen molar-refractivity contribution in [3.8, 4) is 0 Å². The van der Waals surface area contributed by atoms with Gasteiger partial charge in [0, 0.05) is 80.6 Å². The molecule has 22 atom stereocenters. The molecule has 22 unspecified atom stereocenters. The highest BCUT2D eigenvalue weighted by Gasteiger charge is 2.69. The van der Waals surface area contributed by atoms with Gasteiger partial charge in [-0.2, -0.15) is 26.3 Å². The van der Waals surface area contributed by atoms with Crippen LogP contribution in [-0.2, 0) is 76.3 Å². The van der Waals surface area contributed by atoms with Crippen LogP contribution in [0, 0.1) is 88.8 Å². The molecule has 0 aromatic carbocycles. The normalized spacial score (nSPS) is 42.7. The van der Waals surface area contributed by atoms with Crippen LogP contribution in [0.5, 0.6) is 0 Å². The van der Waals surface area contributed by atoms with Gasteiger partial charge >= 0.3 is 65.5 Å². The summed E-state index contributed by atoms with van der Waals surface area (Å²) in [5.74, 6) is -19.0. The molecule has 25 heteroatoms. The molecule has 0 amide bonds. The van der Waals surface area contributed by atoms with E-state index in [0.29, 0.717) is 40.0 Å². The van der Waals surface area contributed by atoms with Crippen LogP contribution in [0.1, 0.15) is 73.1 Å². The average Bonchev–Trinajstić information content (AvgIpc) is 4.16. The Morgan fingerprint density at radius 1 is 0.493 bits per heavy atom. The summed E-state index contributed by atoms with van der Waals surface area (Å²) in [7, 11) is 0. The van der Waals surface area contributed by atoms with Gasteiger partial charge in [0.05, 0.1) is 43.0 Å². The lowest BCUT2D eigenvalue weighted by Gasteiger charge is -2.30. The summed E-state index contributed by atoms with van der Waals surface area (Å²) in [6.45, 7) is 3.25. The average molecular weight is 1050 g/mol. The Bertz CT molecular complexity index is 2270. The molecule has 8 bridgehead atoms. The zero-order valence-electron chi connectivity index (χ0n) is 40.1. The van der Waals surface area contributed by atoms with Crippen molar-refractivity contribution >= 4 is 47.8 Å². The second-order valence-corrected chi connectivity index (χ2v) is 22.5. The number of carbonyl (C=O) groups is 8. The highest BCUT2D eigenvalue weighted by Crippen LogP contribution is 2.61. The number of carbonyl (C=O) groups excluding carboxylic acids is 8. The fourth-order valence-corrected chi connectivity index (χ4v) is 14.4. The van der Waals surface area contributed by atoms with E-state index in [2.05, 4.69) is 9.47 Å². The molecule has 12 fully saturated rings. The molecule has 8 saturated carbocycles. The maximum atomic E-state index is 13.4. The van der Waals surface area contributed by atoms with Gasteiger partial charge in [-0.25, -0.2) is 23.6 Å². The third-order valence-electron chi connectivity index (χ3n) is 17.6. The van der Waals surface area contributed by atoms with Gasteiger partial charge in [-0.3, -0.25) is 19.2 Å². The third-order valence-corrected chi connectivity index (χ3v) is 17.6. The van der Waals surface area contributed by atoms with Gasteiger partial charge in [0.25, 0.3) is 0 Å². The summed E-state index contributed by atoms with van der Waals surface area (Å²) in [5, 5.41) is 19.3. The first-order valence-corrected chi connectivity index (χ1v) is 24.6. The fraction of sp³-hybridized carbons (Fsp3) is 0.833. The van der Waals surface area contributed by atoms with Crippen molar-refractivity contribution in [3.05, 3.63) is 0 Å². The van der Waals surface area contributed by atoms with Gasteiger partial charge in [0.1, 0.15) is 36.6 Å². The smallest absolute Gasteiger partial charge is 0.377 e. The quantitative estimate of drug-likeness (QED) is 0.171. The number of hydrogen-bond donors (Lipinski definition) is 2. The Morgan fingerprint density at radius 3 is 1.51 bits per heavy atom. The number of aliphatic hydroxyl groups is 2. The van der Waals surface area contributed by atoms with Crippen molar-refractivity contribution < 1.29 is 117 Å². The van der Waals surface area contributed by atoms with Crippen molar-refractivity contribution in [2.24, 2.45) is 88.8 Å². The van der Waals surface area contributed by atoms with Crippen molar-refractivity contribution in [1.29, 1.82) is 0 Å². The number of ether oxygens (including phenoxy) is 8. The van der Waals surface area contributed by atoms with Gasteiger partial charge in [-0.05, 0) is 64.2 Å². The predicted octanol–water partition coefficient (Wildman–Crippen LogP) is 3.32. The van der Waals surface area contributed by atoms with Crippen LogP contribution in [0.3, 0.4) is 0 Å². The maximum absolute atomic E-state index is 13.4. The van der Waals surface area contributed by atoms with E-state index in [9.17, 15) is 79.3 Å². The van der Waals surface area contributed by atoms with E-state index in [1.54, 1.807) is 0 Å². The zero-order chi connectivity index (χ0) is 53.3. The molecule has 406 valence electrons. The molecular formula is C48H57F7O18. The van der Waals surface area contributed by atoms with Crippen molar-refractivity contribution in [3.63, 3.8) is 0 Å². The van der Waals surface area contributed by atoms with Crippen LogP contribution in [0.2, 0.25) is 0 Å². The Hall–Kier alpha value is -4.81. The molecular weight excluding hydrogens is 997 g/mol. The van der Waals surface area contributed by atoms with E-state index in [1.165, 1.54) is 13.8 Å². The number of hydrogen-bond acceptors (Lipinski definition) is 18. The predicted molar refractivity (Wildman–Crippen MR) is 221 cm³/mol.